The molecule has 2 N–H and O–H groups in total. The number of rotatable bonds is 9. The van der Waals surface area contributed by atoms with Crippen molar-refractivity contribution < 1.29 is 9.59 Å². The Morgan fingerprint density at radius 3 is 2.67 bits per heavy atom. The smallest absolute Gasteiger partial charge is 0.230 e. The average Bonchev–Trinajstić information content (AvgIpc) is 3.19. The van der Waals surface area contributed by atoms with Crippen LogP contribution in [-0.2, 0) is 9.59 Å². The number of benzene rings is 2. The second-order valence-electron chi connectivity index (χ2n) is 6.40. The molecule has 8 nitrogen and oxygen atoms in total. The third-order valence-corrected chi connectivity index (χ3v) is 5.83. The Morgan fingerprint density at radius 2 is 1.90 bits per heavy atom. The summed E-state index contributed by atoms with van der Waals surface area (Å²) in [6.45, 7) is 4.09. The van der Waals surface area contributed by atoms with Crippen LogP contribution in [0, 0.1) is 6.92 Å². The molecular weight excluding hydrogens is 420 g/mol. The number of aryl methyl sites for hydroxylation is 1. The lowest BCUT2D eigenvalue weighted by atomic mass is 10.2. The van der Waals surface area contributed by atoms with Gasteiger partial charge >= 0.3 is 0 Å². The van der Waals surface area contributed by atoms with Crippen LogP contribution in [0.5, 0.6) is 0 Å². The topological polar surface area (TPSA) is 102 Å². The lowest BCUT2D eigenvalue weighted by Gasteiger charge is -2.08. The number of aromatic nitrogens is 4. The van der Waals surface area contributed by atoms with E-state index in [0.717, 1.165) is 5.75 Å². The average molecular weight is 443 g/mol. The molecule has 2 amide bonds. The third kappa shape index (κ3) is 6.60. The molecule has 0 aliphatic carbocycles. The lowest BCUT2D eigenvalue weighted by molar-refractivity contribution is -0.118. The molecule has 0 saturated carbocycles. The fraction of sp³-hybridized carbons (Fsp3) is 0.250. The molecule has 1 heterocycles. The van der Waals surface area contributed by atoms with Crippen molar-refractivity contribution in [3.05, 3.63) is 54.1 Å². The first-order valence-electron chi connectivity index (χ1n) is 9.26. The molecule has 3 rings (SSSR count). The Hall–Kier alpha value is -2.85. The SMILES string of the molecule is CC(=O)Nc1cccc(-n2nnnc2SCC(=O)NCCSc2ccc(C)cc2)c1. The molecule has 0 bridgehead atoms. The standard InChI is InChI=1S/C20H22N6O2S2/c1-14-6-8-18(9-7-14)29-11-10-21-19(28)13-30-20-23-24-25-26(20)17-5-3-4-16(12-17)22-15(2)27/h3-9,12H,10-11,13H2,1-2H3,(H,21,28)(H,22,27). The monoisotopic (exact) mass is 442 g/mol. The number of tetrazole rings is 1. The molecule has 156 valence electrons. The molecule has 0 spiro atoms. The van der Waals surface area contributed by atoms with Crippen LogP contribution < -0.4 is 10.6 Å². The summed E-state index contributed by atoms with van der Waals surface area (Å²) in [5.74, 6) is 0.774. The molecule has 0 atom stereocenters. The van der Waals surface area contributed by atoms with E-state index in [9.17, 15) is 9.59 Å². The van der Waals surface area contributed by atoms with E-state index >= 15 is 0 Å². The van der Waals surface area contributed by atoms with Crippen LogP contribution in [0.2, 0.25) is 0 Å². The van der Waals surface area contributed by atoms with Crippen molar-refractivity contribution in [2.45, 2.75) is 23.9 Å². The van der Waals surface area contributed by atoms with Gasteiger partial charge < -0.3 is 10.6 Å². The van der Waals surface area contributed by atoms with Gasteiger partial charge in [0.2, 0.25) is 17.0 Å². The van der Waals surface area contributed by atoms with Gasteiger partial charge in [-0.2, -0.15) is 4.68 Å². The van der Waals surface area contributed by atoms with Crippen LogP contribution >= 0.6 is 23.5 Å². The number of thioether (sulfide) groups is 2. The number of carbonyl (C=O) groups is 2. The van der Waals surface area contributed by atoms with E-state index in [0.29, 0.717) is 23.1 Å². The molecule has 0 aliphatic rings. The lowest BCUT2D eigenvalue weighted by Crippen LogP contribution is -2.27. The first-order chi connectivity index (χ1) is 14.5. The summed E-state index contributed by atoms with van der Waals surface area (Å²) >= 11 is 2.96. The first-order valence-corrected chi connectivity index (χ1v) is 11.2. The quantitative estimate of drug-likeness (QED) is 0.388. The minimum Gasteiger partial charge on any atom is -0.355 e. The summed E-state index contributed by atoms with van der Waals surface area (Å²) < 4.78 is 1.54. The molecule has 0 unspecified atom stereocenters. The Balaban J connectivity index is 1.47. The Morgan fingerprint density at radius 1 is 1.10 bits per heavy atom. The van der Waals surface area contributed by atoms with E-state index in [1.807, 2.05) is 6.07 Å². The van der Waals surface area contributed by atoms with Gasteiger partial charge in [-0.3, -0.25) is 9.59 Å². The number of nitrogens with one attached hydrogen (secondary N) is 2. The number of hydrogen-bond donors (Lipinski definition) is 2. The van der Waals surface area contributed by atoms with Crippen molar-refractivity contribution in [2.75, 3.05) is 23.4 Å². The normalized spacial score (nSPS) is 10.6. The van der Waals surface area contributed by atoms with E-state index in [1.165, 1.54) is 33.8 Å². The fourth-order valence-electron chi connectivity index (χ4n) is 2.52. The van der Waals surface area contributed by atoms with Crippen molar-refractivity contribution in [3.8, 4) is 5.69 Å². The van der Waals surface area contributed by atoms with Gasteiger partial charge in [0.05, 0.1) is 11.4 Å². The summed E-state index contributed by atoms with van der Waals surface area (Å²) in [7, 11) is 0. The van der Waals surface area contributed by atoms with Gasteiger partial charge in [-0.15, -0.1) is 16.9 Å². The van der Waals surface area contributed by atoms with Gasteiger partial charge in [-0.1, -0.05) is 35.5 Å². The van der Waals surface area contributed by atoms with Crippen LogP contribution in [0.4, 0.5) is 5.69 Å². The molecule has 1 aromatic heterocycles. The van der Waals surface area contributed by atoms with Crippen molar-refractivity contribution in [1.82, 2.24) is 25.5 Å². The van der Waals surface area contributed by atoms with Gasteiger partial charge in [-0.05, 0) is 47.7 Å². The van der Waals surface area contributed by atoms with E-state index in [-0.39, 0.29) is 17.6 Å². The molecule has 0 radical (unpaired) electrons. The second-order valence-corrected chi connectivity index (χ2v) is 8.52. The second kappa shape index (κ2) is 10.8. The van der Waals surface area contributed by atoms with E-state index < -0.39 is 0 Å². The molecule has 0 fully saturated rings. The van der Waals surface area contributed by atoms with Crippen LogP contribution in [0.1, 0.15) is 12.5 Å². The minimum atomic E-state index is -0.157. The number of carbonyl (C=O) groups excluding carboxylic acids is 2. The maximum atomic E-state index is 12.2. The Bertz CT molecular complexity index is 1010. The first kappa shape index (κ1) is 21.8. The summed E-state index contributed by atoms with van der Waals surface area (Å²) in [6.07, 6.45) is 0. The number of hydrogen-bond acceptors (Lipinski definition) is 7. The van der Waals surface area contributed by atoms with Crippen LogP contribution in [0.3, 0.4) is 0 Å². The third-order valence-electron chi connectivity index (χ3n) is 3.90. The van der Waals surface area contributed by atoms with Gasteiger partial charge in [0.1, 0.15) is 0 Å². The summed E-state index contributed by atoms with van der Waals surface area (Å²) in [6, 6.07) is 15.5. The maximum absolute atomic E-state index is 12.2. The van der Waals surface area contributed by atoms with Crippen molar-refractivity contribution in [2.24, 2.45) is 0 Å². The highest BCUT2D eigenvalue weighted by Gasteiger charge is 2.12. The highest BCUT2D eigenvalue weighted by Crippen LogP contribution is 2.21. The predicted molar refractivity (Wildman–Crippen MR) is 119 cm³/mol. The predicted octanol–water partition coefficient (Wildman–Crippen LogP) is 2.93. The zero-order valence-corrected chi connectivity index (χ0v) is 18.3. The zero-order valence-electron chi connectivity index (χ0n) is 16.7. The summed E-state index contributed by atoms with van der Waals surface area (Å²) in [5, 5.41) is 17.8. The molecule has 30 heavy (non-hydrogen) atoms. The minimum absolute atomic E-state index is 0.0777. The van der Waals surface area contributed by atoms with E-state index in [1.54, 1.807) is 30.0 Å². The Kier molecular flexibility index (Phi) is 7.86. The maximum Gasteiger partial charge on any atom is 0.230 e. The van der Waals surface area contributed by atoms with E-state index in [4.69, 9.17) is 0 Å². The molecule has 2 aromatic carbocycles. The highest BCUT2D eigenvalue weighted by molar-refractivity contribution is 7.99. The van der Waals surface area contributed by atoms with Crippen LogP contribution in [0.15, 0.2) is 58.6 Å². The van der Waals surface area contributed by atoms with Gasteiger partial charge in [0.25, 0.3) is 0 Å². The van der Waals surface area contributed by atoms with Crippen LogP contribution in [-0.4, -0.2) is 50.1 Å². The van der Waals surface area contributed by atoms with Gasteiger partial charge in [0.15, 0.2) is 0 Å². The highest BCUT2D eigenvalue weighted by atomic mass is 32.2. The van der Waals surface area contributed by atoms with Gasteiger partial charge in [-0.25, -0.2) is 0 Å². The fourth-order valence-corrected chi connectivity index (χ4v) is 4.01. The van der Waals surface area contributed by atoms with Crippen molar-refractivity contribution >= 4 is 41.0 Å². The molecule has 0 saturated heterocycles. The zero-order chi connectivity index (χ0) is 21.3. The number of anilines is 1. The summed E-state index contributed by atoms with van der Waals surface area (Å²) in [4.78, 5) is 24.6. The largest absolute Gasteiger partial charge is 0.355 e. The van der Waals surface area contributed by atoms with Crippen molar-refractivity contribution in [3.63, 3.8) is 0 Å². The molecule has 3 aromatic rings. The van der Waals surface area contributed by atoms with E-state index in [2.05, 4.69) is 57.3 Å². The van der Waals surface area contributed by atoms with Crippen molar-refractivity contribution in [1.29, 1.82) is 0 Å². The molecule has 10 heteroatoms. The Labute approximate surface area is 183 Å². The summed E-state index contributed by atoms with van der Waals surface area (Å²) in [5.41, 5.74) is 2.58. The van der Waals surface area contributed by atoms with Gasteiger partial charge in [0, 0.05) is 29.8 Å². The number of nitrogens with zero attached hydrogens (tertiary/aromatic N) is 4. The number of amides is 2. The molecular formula is C20H22N6O2S2. The molecule has 0 aliphatic heterocycles. The van der Waals surface area contributed by atoms with Crippen LogP contribution in [0.25, 0.3) is 5.69 Å².